The van der Waals surface area contributed by atoms with Gasteiger partial charge in [0.25, 0.3) is 0 Å². The standard InChI is InChI=1S/Er.H3O4P.Yb/c;1-5(2,3)4;/h;(H3,1,2,3,4);. The summed E-state index contributed by atoms with van der Waals surface area (Å²) in [7, 11) is -4.64. The fourth-order valence-electron chi connectivity index (χ4n) is 0. The Bertz CT molecular complexity index is 57.8. The summed E-state index contributed by atoms with van der Waals surface area (Å²) in [4.78, 5) is 21.6. The molecule has 0 aliphatic carbocycles. The Balaban J connectivity index is -0.0000000800. The number of rotatable bonds is 0. The van der Waals surface area contributed by atoms with Crippen LogP contribution in [0.2, 0.25) is 0 Å². The van der Waals surface area contributed by atoms with E-state index in [1.54, 1.807) is 0 Å². The summed E-state index contributed by atoms with van der Waals surface area (Å²) in [6, 6.07) is 0. The second-order valence-electron chi connectivity index (χ2n) is 0.513. The van der Waals surface area contributed by atoms with Crippen LogP contribution in [0.25, 0.3) is 0 Å². The number of phosphoric acid groups is 1. The molecule has 0 radical (unpaired) electrons. The number of hydrogen-bond acceptors (Lipinski definition) is 1. The van der Waals surface area contributed by atoms with E-state index >= 15 is 0 Å². The Morgan fingerprint density at radius 3 is 1.14 bits per heavy atom. The van der Waals surface area contributed by atoms with Crippen molar-refractivity contribution in [3.05, 3.63) is 0 Å². The van der Waals surface area contributed by atoms with Gasteiger partial charge < -0.3 is 14.7 Å². The normalized spacial score (nSPS) is 8.43. The first-order valence-electron chi connectivity index (χ1n) is 0.783. The molecule has 0 unspecified atom stereocenters. The van der Waals surface area contributed by atoms with E-state index in [0.717, 1.165) is 0 Å². The molecule has 0 saturated carbocycles. The van der Waals surface area contributed by atoms with Crippen LogP contribution >= 0.6 is 7.82 Å². The topological polar surface area (TPSA) is 77.8 Å². The maximum atomic E-state index is 8.88. The fraction of sp³-hybridized carbons (Fsp3) is 0. The van der Waals surface area contributed by atoms with Crippen molar-refractivity contribution >= 4 is 7.82 Å². The second-order valence-corrected chi connectivity index (χ2v) is 1.54. The van der Waals surface area contributed by atoms with Gasteiger partial charge in [-0.1, -0.05) is 0 Å². The largest absolute Gasteiger partial charge is 0.466 e. The van der Waals surface area contributed by atoms with E-state index in [0.29, 0.717) is 0 Å². The van der Waals surface area contributed by atoms with Gasteiger partial charge in [-0.15, -0.1) is 0 Å². The van der Waals surface area contributed by atoms with E-state index in [9.17, 15) is 0 Å². The molecule has 4 nitrogen and oxygen atoms in total. The molecule has 0 aromatic carbocycles. The minimum Gasteiger partial charge on any atom is -0.303 e. The Morgan fingerprint density at radius 2 is 1.14 bits per heavy atom. The fourth-order valence-corrected chi connectivity index (χ4v) is 0. The first-order valence-corrected chi connectivity index (χ1v) is 2.35. The van der Waals surface area contributed by atoms with Crippen molar-refractivity contribution in [1.82, 2.24) is 0 Å². The van der Waals surface area contributed by atoms with Crippen molar-refractivity contribution in [1.29, 1.82) is 0 Å². The third-order valence-corrected chi connectivity index (χ3v) is 0. The van der Waals surface area contributed by atoms with Crippen molar-refractivity contribution in [2.24, 2.45) is 0 Å². The molecule has 0 saturated heterocycles. The molecular formula is H3ErO4PYb. The van der Waals surface area contributed by atoms with Gasteiger partial charge in [-0.05, 0) is 0 Å². The molecule has 0 bridgehead atoms. The van der Waals surface area contributed by atoms with Crippen molar-refractivity contribution in [2.75, 3.05) is 0 Å². The maximum Gasteiger partial charge on any atom is 0.466 e. The maximum absolute atomic E-state index is 8.88. The Hall–Kier alpha value is 2.88. The molecule has 0 fully saturated rings. The van der Waals surface area contributed by atoms with Crippen LogP contribution in [0.5, 0.6) is 0 Å². The van der Waals surface area contributed by atoms with E-state index in [-0.39, 0.29) is 84.2 Å². The summed E-state index contributed by atoms with van der Waals surface area (Å²) in [5.41, 5.74) is 0. The second kappa shape index (κ2) is 6.99. The summed E-state index contributed by atoms with van der Waals surface area (Å²) in [5.74, 6) is 0. The smallest absolute Gasteiger partial charge is 0.303 e. The Morgan fingerprint density at radius 1 is 1.14 bits per heavy atom. The third-order valence-electron chi connectivity index (χ3n) is 0. The summed E-state index contributed by atoms with van der Waals surface area (Å²) < 4.78 is 8.88. The quantitative estimate of drug-likeness (QED) is 0.428. The first kappa shape index (κ1) is 16.5. The molecule has 58 valence electrons. The minimum absolute atomic E-state index is 0. The van der Waals surface area contributed by atoms with Crippen LogP contribution in [0.3, 0.4) is 0 Å². The zero-order valence-electron chi connectivity index (χ0n) is 2.75. The van der Waals surface area contributed by atoms with Gasteiger partial charge in [0.1, 0.15) is 0 Å². The summed E-state index contributed by atoms with van der Waals surface area (Å²) >= 11 is 0. The van der Waals surface area contributed by atoms with E-state index < -0.39 is 7.82 Å². The van der Waals surface area contributed by atoms with Crippen molar-refractivity contribution in [2.45, 2.75) is 0 Å². The third kappa shape index (κ3) is 50.7. The van der Waals surface area contributed by atoms with Crippen LogP contribution in [-0.4, -0.2) is 14.7 Å². The van der Waals surface area contributed by atoms with E-state index in [1.807, 2.05) is 0 Å². The molecule has 0 atom stereocenters. The average molecular weight is 438 g/mol. The minimum atomic E-state index is -4.64. The zero-order valence-corrected chi connectivity index (χ0v) is 7.21. The molecule has 0 aromatic heterocycles. The molecule has 7 heteroatoms. The Labute approximate surface area is 109 Å². The molecule has 7 heavy (non-hydrogen) atoms. The molecule has 0 rings (SSSR count). The van der Waals surface area contributed by atoms with E-state index in [2.05, 4.69) is 0 Å². The van der Waals surface area contributed by atoms with Crippen LogP contribution in [0.1, 0.15) is 0 Å². The summed E-state index contributed by atoms with van der Waals surface area (Å²) in [6.45, 7) is 0. The van der Waals surface area contributed by atoms with Gasteiger partial charge in [0.05, 0.1) is 0 Å². The molecule has 0 aliphatic rings. The molecule has 0 aromatic rings. The average Bonchev–Trinajstić information content (AvgIpc) is 0.722. The van der Waals surface area contributed by atoms with Gasteiger partial charge in [-0.25, -0.2) is 4.57 Å². The molecule has 3 N–H and O–H groups in total. The molecule has 0 heterocycles. The molecule has 0 aliphatic heterocycles. The van der Waals surface area contributed by atoms with Gasteiger partial charge in [-0.3, -0.25) is 0 Å². The van der Waals surface area contributed by atoms with Crippen LogP contribution in [0.15, 0.2) is 0 Å². The predicted molar refractivity (Wildman–Crippen MR) is 14.3 cm³/mol. The van der Waals surface area contributed by atoms with Crippen LogP contribution in [-0.2, 0) is 4.57 Å². The van der Waals surface area contributed by atoms with Gasteiger partial charge in [-0.2, -0.15) is 0 Å². The molecule has 0 amide bonds. The van der Waals surface area contributed by atoms with Crippen LogP contribution in [0.4, 0.5) is 0 Å². The first-order chi connectivity index (χ1) is 2.00. The Kier molecular flexibility index (Phi) is 16.4. The van der Waals surface area contributed by atoms with Crippen molar-refractivity contribution in [3.63, 3.8) is 0 Å². The summed E-state index contributed by atoms with van der Waals surface area (Å²) in [5, 5.41) is 0. The molecule has 0 spiro atoms. The van der Waals surface area contributed by atoms with Crippen molar-refractivity contribution in [3.8, 4) is 0 Å². The van der Waals surface area contributed by atoms with Crippen LogP contribution < -0.4 is 0 Å². The van der Waals surface area contributed by atoms with Crippen LogP contribution in [0, 0.1) is 84.2 Å². The monoisotopic (exact) mass is 438 g/mol. The van der Waals surface area contributed by atoms with E-state index in [4.69, 9.17) is 19.2 Å². The number of hydrogen-bond donors (Lipinski definition) is 3. The molecular weight excluding hydrogens is 435 g/mol. The van der Waals surface area contributed by atoms with Gasteiger partial charge >= 0.3 is 7.82 Å². The van der Waals surface area contributed by atoms with Crippen molar-refractivity contribution < 1.29 is 103 Å². The van der Waals surface area contributed by atoms with Gasteiger partial charge in [0, 0.05) is 84.2 Å². The summed E-state index contributed by atoms with van der Waals surface area (Å²) in [6.07, 6.45) is 0. The van der Waals surface area contributed by atoms with Gasteiger partial charge in [0.2, 0.25) is 0 Å². The predicted octanol–water partition coefficient (Wildman–Crippen LogP) is -0.929. The van der Waals surface area contributed by atoms with Gasteiger partial charge in [0.15, 0.2) is 0 Å². The SMILES string of the molecule is O=P(O)(O)O.[Er].[Yb]. The zero-order chi connectivity index (χ0) is 4.50. The van der Waals surface area contributed by atoms with E-state index in [1.165, 1.54) is 0 Å².